The maximum absolute atomic E-state index is 14.1. The number of unbranched alkanes of at least 4 members (excludes halogenated alkanes) is 19. The van der Waals surface area contributed by atoms with Crippen LogP contribution in [0.25, 0.3) is 33.3 Å². The standard InChI is InChI=1S/C67H104N5O10P/c1-12-15-17-19-21-23-24-25-26-27-28-30-32-34-62(74)79-44-51(45-81-83(76,77)80-39-37-72(9,10)11)82-63(75)36-35-53-47(5)56-41-57-48(6)64(50(8)78-38-33-31-29-22-20-18-16-13-2)60(69-57)43-55-46(4)52(14-3)59(68-55)42-58-49(7)65-61(73)40-54(66(53)70-56)67(65)71-58/h41-43,47,50-51,53H,12-40,44-45H2,1-11H3,(H2-,68,69,70,71,73,76,77)/p+1. The summed E-state index contributed by atoms with van der Waals surface area (Å²) in [5.41, 5.74) is 13.3. The largest absolute Gasteiger partial charge is 0.472 e. The van der Waals surface area contributed by atoms with E-state index in [0.29, 0.717) is 41.7 Å². The number of H-pyrrole nitrogens is 2. The molecule has 16 heteroatoms. The maximum atomic E-state index is 14.1. The highest BCUT2D eigenvalue weighted by Gasteiger charge is 2.39. The zero-order valence-corrected chi connectivity index (χ0v) is 53.8. The van der Waals surface area contributed by atoms with Crippen molar-refractivity contribution in [2.45, 2.75) is 246 Å². The van der Waals surface area contributed by atoms with E-state index in [1.807, 2.05) is 28.1 Å². The predicted octanol–water partition coefficient (Wildman–Crippen LogP) is 15.9. The Labute approximate surface area is 497 Å². The number of aryl methyl sites for hydroxylation is 2. The van der Waals surface area contributed by atoms with Crippen molar-refractivity contribution in [3.8, 4) is 0 Å². The summed E-state index contributed by atoms with van der Waals surface area (Å²) in [4.78, 5) is 70.0. The number of nitrogens with one attached hydrogen (secondary N) is 2. The highest BCUT2D eigenvalue weighted by Crippen LogP contribution is 2.47. The van der Waals surface area contributed by atoms with E-state index in [1.54, 1.807) is 0 Å². The van der Waals surface area contributed by atoms with Crippen LogP contribution >= 0.6 is 7.82 Å². The first-order valence-corrected chi connectivity index (χ1v) is 33.6. The molecule has 3 aliphatic heterocycles. The van der Waals surface area contributed by atoms with Crippen LogP contribution in [0.1, 0.15) is 265 Å². The zero-order valence-electron chi connectivity index (χ0n) is 52.9. The van der Waals surface area contributed by atoms with Crippen molar-refractivity contribution >= 4 is 58.9 Å². The molecule has 462 valence electrons. The molecule has 8 bridgehead atoms. The van der Waals surface area contributed by atoms with Crippen LogP contribution in [-0.2, 0) is 55.0 Å². The summed E-state index contributed by atoms with van der Waals surface area (Å²) in [5.74, 6) is -1.44. The van der Waals surface area contributed by atoms with Gasteiger partial charge in [-0.15, -0.1) is 0 Å². The molecule has 0 aromatic carbocycles. The Morgan fingerprint density at radius 1 is 0.711 bits per heavy atom. The number of ketones is 1. The number of aromatic amines is 2. The minimum atomic E-state index is -4.56. The van der Waals surface area contributed by atoms with Gasteiger partial charge < -0.3 is 33.6 Å². The van der Waals surface area contributed by atoms with Gasteiger partial charge in [-0.25, -0.2) is 14.5 Å². The number of allylic oxidation sites excluding steroid dienone is 3. The summed E-state index contributed by atoms with van der Waals surface area (Å²) in [7, 11) is 1.26. The number of esters is 2. The number of phosphoric ester groups is 1. The Hall–Kier alpha value is -4.50. The lowest BCUT2D eigenvalue weighted by Gasteiger charge is -2.24. The SMILES string of the molecule is CCCCCCCCCCCCCCCC(=O)OCC(COP(=O)(O)OCC[N+](C)(C)C)OC(=O)CCC1c2[nH]c(cc3nc(cc4[nH]c(cc5nc6c2CC(=O)C6=C5C)c(CC)c4C)C(C(C)OCCCCCCCCCC)=C3C)C1C. The number of phosphoric acid groups is 1. The fourth-order valence-electron chi connectivity index (χ4n) is 12.1. The van der Waals surface area contributed by atoms with E-state index < -0.39 is 32.5 Å². The first-order valence-electron chi connectivity index (χ1n) is 32.1. The fourth-order valence-corrected chi connectivity index (χ4v) is 12.8. The number of aromatic nitrogens is 4. The molecule has 0 amide bonds. The molecule has 1 aliphatic carbocycles. The van der Waals surface area contributed by atoms with E-state index in [0.717, 1.165) is 106 Å². The molecule has 2 aromatic rings. The van der Waals surface area contributed by atoms with Gasteiger partial charge in [0.1, 0.15) is 19.8 Å². The van der Waals surface area contributed by atoms with Crippen LogP contribution in [0.15, 0.2) is 18.2 Å². The van der Waals surface area contributed by atoms with Crippen LogP contribution < -0.4 is 0 Å². The number of carbonyl (C=O) groups excluding carboxylic acids is 3. The van der Waals surface area contributed by atoms with Gasteiger partial charge in [-0.3, -0.25) is 23.4 Å². The lowest BCUT2D eigenvalue weighted by atomic mass is 9.85. The second-order valence-electron chi connectivity index (χ2n) is 25.0. The molecule has 3 N–H and O–H groups in total. The Morgan fingerprint density at radius 2 is 1.30 bits per heavy atom. The molecule has 0 spiro atoms. The van der Waals surface area contributed by atoms with Crippen molar-refractivity contribution in [2.24, 2.45) is 0 Å². The smallest absolute Gasteiger partial charge is 0.462 e. The predicted molar refractivity (Wildman–Crippen MR) is 334 cm³/mol. The second-order valence-corrected chi connectivity index (χ2v) is 26.5. The van der Waals surface area contributed by atoms with Gasteiger partial charge in [0, 0.05) is 76.8 Å². The number of hydrogen-bond acceptors (Lipinski definition) is 11. The van der Waals surface area contributed by atoms with Gasteiger partial charge >= 0.3 is 19.8 Å². The lowest BCUT2D eigenvalue weighted by molar-refractivity contribution is -0.870. The number of ether oxygens (including phenoxy) is 3. The molecule has 0 saturated heterocycles. The molecule has 6 rings (SSSR count). The van der Waals surface area contributed by atoms with Crippen LogP contribution in [0.5, 0.6) is 0 Å². The molecule has 15 nitrogen and oxygen atoms in total. The number of likely N-dealkylation sites (N-methyl/N-ethyl adjacent to an activating group) is 1. The average Bonchev–Trinajstić information content (AvgIpc) is 4.33. The van der Waals surface area contributed by atoms with Crippen LogP contribution in [-0.4, -0.2) is 113 Å². The minimum Gasteiger partial charge on any atom is -0.462 e. The summed E-state index contributed by atoms with van der Waals surface area (Å²) >= 11 is 0. The third kappa shape index (κ3) is 20.3. The Balaban J connectivity index is 1.21. The average molecular weight is 1170 g/mol. The van der Waals surface area contributed by atoms with Gasteiger partial charge in [-0.05, 0) is 93.9 Å². The van der Waals surface area contributed by atoms with Gasteiger partial charge in [0.05, 0.1) is 56.6 Å². The monoisotopic (exact) mass is 1170 g/mol. The summed E-state index contributed by atoms with van der Waals surface area (Å²) in [6, 6.07) is 6.32. The summed E-state index contributed by atoms with van der Waals surface area (Å²) in [5, 5.41) is 0. The first kappa shape index (κ1) is 67.6. The topological polar surface area (TPSA) is 192 Å². The zero-order chi connectivity index (χ0) is 60.1. The van der Waals surface area contributed by atoms with Crippen LogP contribution in [0.2, 0.25) is 0 Å². The van der Waals surface area contributed by atoms with E-state index in [9.17, 15) is 23.8 Å². The molecule has 5 unspecified atom stereocenters. The molecular weight excluding hydrogens is 1070 g/mol. The minimum absolute atomic E-state index is 0.00333. The fraction of sp³-hybridized carbons (Fsp3) is 0.687. The van der Waals surface area contributed by atoms with Crippen molar-refractivity contribution in [3.63, 3.8) is 0 Å². The van der Waals surface area contributed by atoms with Crippen LogP contribution in [0.3, 0.4) is 0 Å². The highest BCUT2D eigenvalue weighted by molar-refractivity contribution is 7.47. The third-order valence-corrected chi connectivity index (χ3v) is 18.2. The number of carbonyl (C=O) groups is 3. The Kier molecular flexibility index (Phi) is 27.2. The van der Waals surface area contributed by atoms with Crippen LogP contribution in [0.4, 0.5) is 0 Å². The molecule has 0 fully saturated rings. The van der Waals surface area contributed by atoms with E-state index in [1.165, 1.54) is 102 Å². The molecule has 2 aromatic heterocycles. The number of quaternary nitrogens is 1. The second kappa shape index (κ2) is 33.4. The Bertz CT molecular complexity index is 2800. The van der Waals surface area contributed by atoms with Gasteiger partial charge in [0.25, 0.3) is 0 Å². The highest BCUT2D eigenvalue weighted by atomic mass is 31.2. The van der Waals surface area contributed by atoms with Gasteiger partial charge in [0.2, 0.25) is 0 Å². The number of hydrogen-bond donors (Lipinski definition) is 3. The molecule has 83 heavy (non-hydrogen) atoms. The number of rotatable bonds is 39. The van der Waals surface area contributed by atoms with Gasteiger partial charge in [0.15, 0.2) is 11.9 Å². The Morgan fingerprint density at radius 3 is 1.92 bits per heavy atom. The summed E-state index contributed by atoms with van der Waals surface area (Å²) in [6.07, 6.45) is 25.3. The first-order chi connectivity index (χ1) is 39.7. The van der Waals surface area contributed by atoms with E-state index in [2.05, 4.69) is 76.6 Å². The summed E-state index contributed by atoms with van der Waals surface area (Å²) < 4.78 is 42.5. The normalized spacial score (nSPS) is 17.1. The number of fused-ring (bicyclic) bond motifs is 8. The van der Waals surface area contributed by atoms with E-state index >= 15 is 0 Å². The van der Waals surface area contributed by atoms with Crippen molar-refractivity contribution in [3.05, 3.63) is 69.1 Å². The molecule has 4 aliphatic rings. The maximum Gasteiger partial charge on any atom is 0.472 e. The lowest BCUT2D eigenvalue weighted by Crippen LogP contribution is -2.37. The molecule has 5 heterocycles. The molecule has 0 radical (unpaired) electrons. The molecule has 5 atom stereocenters. The van der Waals surface area contributed by atoms with Gasteiger partial charge in [-0.2, -0.15) is 0 Å². The summed E-state index contributed by atoms with van der Waals surface area (Å²) in [6.45, 7) is 17.3. The number of Topliss-reactive ketones (excluding diaryl/α,β-unsaturated/α-hetero) is 1. The molecular formula is C67H105N5O10P+. The van der Waals surface area contributed by atoms with Crippen LogP contribution in [0, 0.1) is 6.92 Å². The van der Waals surface area contributed by atoms with E-state index in [-0.39, 0.29) is 56.2 Å². The number of nitrogens with zero attached hydrogens (tertiary/aromatic N) is 3. The van der Waals surface area contributed by atoms with Gasteiger partial charge in [-0.1, -0.05) is 150 Å². The van der Waals surface area contributed by atoms with Crippen molar-refractivity contribution in [1.82, 2.24) is 19.9 Å². The van der Waals surface area contributed by atoms with Crippen molar-refractivity contribution in [2.75, 3.05) is 54.1 Å². The van der Waals surface area contributed by atoms with E-state index in [4.69, 9.17) is 33.2 Å². The quantitative estimate of drug-likeness (QED) is 0.0249. The molecule has 0 saturated carbocycles. The van der Waals surface area contributed by atoms with Crippen molar-refractivity contribution in [1.29, 1.82) is 0 Å². The van der Waals surface area contributed by atoms with Crippen molar-refractivity contribution < 1.29 is 51.6 Å². The third-order valence-electron chi connectivity index (χ3n) is 17.2.